The summed E-state index contributed by atoms with van der Waals surface area (Å²) in [4.78, 5) is 21.6. The Balaban J connectivity index is 1.27. The Morgan fingerprint density at radius 3 is 0.767 bits per heavy atom. The minimum Gasteiger partial charge on any atom is -0.248 e. The summed E-state index contributed by atoms with van der Waals surface area (Å²) in [5.41, 5.74) is 13.1. The molecule has 11 aromatic rings. The maximum atomic E-state index is 5.42. The first-order valence-corrected chi connectivity index (χ1v) is 20.2. The monoisotopic (exact) mass is 770 g/mol. The second-order valence-corrected chi connectivity index (χ2v) is 14.9. The number of hydrogen-bond acceptors (Lipinski definition) is 4. The van der Waals surface area contributed by atoms with Gasteiger partial charge in [-0.1, -0.05) is 121 Å². The van der Waals surface area contributed by atoms with Crippen molar-refractivity contribution in [3.8, 4) is 0 Å². The van der Waals surface area contributed by atoms with Gasteiger partial charge in [0.05, 0.1) is 45.5 Å². The van der Waals surface area contributed by atoms with Crippen LogP contribution in [0.5, 0.6) is 0 Å². The number of benzene rings is 8. The molecule has 11 rings (SSSR count). The number of para-hydroxylation sites is 8. The van der Waals surface area contributed by atoms with Gasteiger partial charge in [0, 0.05) is 95.7 Å². The lowest BCUT2D eigenvalue weighted by Gasteiger charge is -2.37. The Hall–Kier alpha value is -7.90. The molecular weight excluding hydrogens is 733 g/mol. The molecule has 0 saturated carbocycles. The van der Waals surface area contributed by atoms with Crippen LogP contribution in [0.4, 0.5) is 45.5 Å². The molecule has 0 atom stereocenters. The molecule has 0 aliphatic carbocycles. The largest absolute Gasteiger partial charge is 0.248 e. The van der Waals surface area contributed by atoms with Gasteiger partial charge in [-0.05, 0) is 12.1 Å². The summed E-state index contributed by atoms with van der Waals surface area (Å²) in [5, 5.41) is 1.77. The van der Waals surface area contributed by atoms with Crippen LogP contribution in [0.1, 0.15) is 0 Å². The van der Waals surface area contributed by atoms with Crippen molar-refractivity contribution in [3.05, 3.63) is 231 Å². The lowest BCUT2D eigenvalue weighted by molar-refractivity contribution is 0.701. The van der Waals surface area contributed by atoms with Gasteiger partial charge in [0.15, 0.2) is 11.4 Å². The second kappa shape index (κ2) is 14.5. The molecule has 0 unspecified atom stereocenters. The number of pyridine rings is 2. The molecule has 0 amide bonds. The first kappa shape index (κ1) is 35.3. The third-order valence-electron chi connectivity index (χ3n) is 11.7. The molecule has 0 spiro atoms. The first-order valence-electron chi connectivity index (χ1n) is 20.2. The van der Waals surface area contributed by atoms with E-state index >= 15 is 0 Å². The predicted octanol–water partition coefficient (Wildman–Crippen LogP) is 14.5. The van der Waals surface area contributed by atoms with Crippen molar-refractivity contribution in [3.63, 3.8) is 0 Å². The summed E-state index contributed by atoms with van der Waals surface area (Å²) in [7, 11) is 0. The van der Waals surface area contributed by atoms with Gasteiger partial charge in [0.25, 0.3) is 0 Å². The van der Waals surface area contributed by atoms with E-state index in [2.05, 4.69) is 194 Å². The van der Waals surface area contributed by atoms with Gasteiger partial charge in [-0.3, -0.25) is 0 Å². The van der Waals surface area contributed by atoms with Gasteiger partial charge >= 0.3 is 0 Å². The normalized spacial score (nSPS) is 12.0. The van der Waals surface area contributed by atoms with Gasteiger partial charge in [0.1, 0.15) is 34.1 Å². The average Bonchev–Trinajstić information content (AvgIpc) is 3.34. The van der Waals surface area contributed by atoms with Crippen LogP contribution in [0.2, 0.25) is 0 Å². The van der Waals surface area contributed by atoms with E-state index in [1.807, 2.05) is 36.7 Å². The molecule has 6 heteroatoms. The van der Waals surface area contributed by atoms with Crippen LogP contribution in [-0.4, -0.2) is 19.9 Å². The lowest BCUT2D eigenvalue weighted by atomic mass is 10.0. The molecule has 0 radical (unpaired) electrons. The molecule has 0 saturated heterocycles. The average molecular weight is 771 g/mol. The zero-order valence-corrected chi connectivity index (χ0v) is 32.6. The van der Waals surface area contributed by atoms with Crippen molar-refractivity contribution in [1.29, 1.82) is 0 Å². The summed E-state index contributed by atoms with van der Waals surface area (Å²) in [6.07, 6.45) is 4.03. The summed E-state index contributed by atoms with van der Waals surface area (Å²) in [6, 6.07) is 76.5. The smallest absolute Gasteiger partial charge is 0.167 e. The van der Waals surface area contributed by atoms with E-state index in [9.17, 15) is 0 Å². The topological polar surface area (TPSA) is 51.6 Å². The molecule has 282 valence electrons. The van der Waals surface area contributed by atoms with Crippen molar-refractivity contribution < 1.29 is 0 Å². The van der Waals surface area contributed by atoms with E-state index in [-0.39, 0.29) is 0 Å². The third-order valence-corrected chi connectivity index (χ3v) is 11.7. The molecule has 3 heterocycles. The summed E-state index contributed by atoms with van der Waals surface area (Å²) < 4.78 is 0.618. The fourth-order valence-electron chi connectivity index (χ4n) is 9.09. The van der Waals surface area contributed by atoms with E-state index in [1.54, 1.807) is 0 Å². The van der Waals surface area contributed by atoms with Crippen molar-refractivity contribution in [2.24, 2.45) is 0 Å². The van der Waals surface area contributed by atoms with Gasteiger partial charge < -0.3 is 0 Å². The standard InChI is InChI=1S/C54H38N6/c1-7-21-39(22-8-1)59(40-23-9-2-10-24-40,41-25-11-3-12-26-41)45-35-47-51(55-37-45)52-48(54-53(47)57-49-33-19-20-34-50(49)58-54)36-46(38-56-52)60(42-27-13-4-14-28-42,43-29-15-5-16-30-43)44-31-17-6-18-32-44/h1-38H/q+2. The number of hydrogen-bond donors (Lipinski definition) is 0. The maximum Gasteiger partial charge on any atom is 0.167 e. The number of rotatable bonds is 8. The van der Waals surface area contributed by atoms with Crippen LogP contribution in [0, 0.1) is 0 Å². The van der Waals surface area contributed by atoms with Gasteiger partial charge in [-0.25, -0.2) is 19.9 Å². The molecule has 3 aromatic heterocycles. The van der Waals surface area contributed by atoms with E-state index < -0.39 is 0 Å². The van der Waals surface area contributed by atoms with Gasteiger partial charge in [-0.15, -0.1) is 0 Å². The van der Waals surface area contributed by atoms with Crippen LogP contribution in [0.25, 0.3) is 43.9 Å². The second-order valence-electron chi connectivity index (χ2n) is 14.9. The van der Waals surface area contributed by atoms with Crippen molar-refractivity contribution in [2.45, 2.75) is 0 Å². The fraction of sp³-hybridized carbons (Fsp3) is 0. The van der Waals surface area contributed by atoms with Crippen molar-refractivity contribution >= 4 is 89.4 Å². The lowest BCUT2D eigenvalue weighted by Crippen LogP contribution is -2.33. The molecule has 0 aliphatic heterocycles. The fourth-order valence-corrected chi connectivity index (χ4v) is 9.09. The number of aromatic nitrogens is 4. The highest BCUT2D eigenvalue weighted by atomic mass is 15.4. The number of nitrogens with zero attached hydrogens (tertiary/aromatic N) is 6. The molecule has 6 nitrogen and oxygen atoms in total. The molecule has 0 N–H and O–H groups in total. The van der Waals surface area contributed by atoms with Crippen LogP contribution >= 0.6 is 0 Å². The highest BCUT2D eigenvalue weighted by Crippen LogP contribution is 2.54. The molecule has 8 aromatic carbocycles. The van der Waals surface area contributed by atoms with Gasteiger partial charge in [0.2, 0.25) is 0 Å². The number of fused-ring (bicyclic) bond motifs is 7. The van der Waals surface area contributed by atoms with Crippen LogP contribution in [0.3, 0.4) is 0 Å². The number of quaternary nitrogens is 2. The molecule has 0 bridgehead atoms. The van der Waals surface area contributed by atoms with Crippen molar-refractivity contribution in [1.82, 2.24) is 28.9 Å². The minimum atomic E-state index is 0.309. The Kier molecular flexibility index (Phi) is 8.52. The Morgan fingerprint density at radius 2 is 0.500 bits per heavy atom. The van der Waals surface area contributed by atoms with Gasteiger partial charge in [-0.2, -0.15) is 8.97 Å². The minimum absolute atomic E-state index is 0.309. The van der Waals surface area contributed by atoms with E-state index in [0.29, 0.717) is 8.97 Å². The Morgan fingerprint density at radius 1 is 0.250 bits per heavy atom. The zero-order chi connectivity index (χ0) is 39.9. The summed E-state index contributed by atoms with van der Waals surface area (Å²) in [5.74, 6) is 0. The third kappa shape index (κ3) is 5.43. The Bertz CT molecular complexity index is 2880. The molecule has 0 aliphatic rings. The van der Waals surface area contributed by atoms with Crippen LogP contribution in [-0.2, 0) is 0 Å². The summed E-state index contributed by atoms with van der Waals surface area (Å²) in [6.45, 7) is 0. The molecule has 60 heavy (non-hydrogen) atoms. The highest BCUT2D eigenvalue weighted by Gasteiger charge is 2.42. The van der Waals surface area contributed by atoms with E-state index in [1.165, 1.54) is 0 Å². The highest BCUT2D eigenvalue weighted by molar-refractivity contribution is 6.22. The zero-order valence-electron chi connectivity index (χ0n) is 32.6. The molecular formula is C54H38N6+2. The van der Waals surface area contributed by atoms with Crippen LogP contribution < -0.4 is 8.97 Å². The molecule has 0 fully saturated rings. The quantitative estimate of drug-likeness (QED) is 0.0877. The predicted molar refractivity (Wildman–Crippen MR) is 248 cm³/mol. The SMILES string of the molecule is c1ccc([N+](c2ccccc2)(c2ccccc2)c2cnc3c(c2)c2nc4ccccc4nc2c2cc([N+](c4ccccc4)(c4ccccc4)c4ccccc4)cnc23)cc1. The van der Waals surface area contributed by atoms with E-state index in [4.69, 9.17) is 19.9 Å². The maximum absolute atomic E-state index is 5.42. The Labute approximate surface area is 347 Å². The first-order chi connectivity index (χ1) is 29.8. The van der Waals surface area contributed by atoms with E-state index in [0.717, 1.165) is 89.4 Å². The van der Waals surface area contributed by atoms with Crippen LogP contribution in [0.15, 0.2) is 231 Å². The summed E-state index contributed by atoms with van der Waals surface area (Å²) >= 11 is 0. The van der Waals surface area contributed by atoms with Crippen molar-refractivity contribution in [2.75, 3.05) is 0 Å².